The predicted molar refractivity (Wildman–Crippen MR) is 81.9 cm³/mol. The molecule has 106 valence electrons. The topological polar surface area (TPSA) is 44.1 Å². The number of hydrogen-bond acceptors (Lipinski definition) is 3. The second-order valence-electron chi connectivity index (χ2n) is 4.88. The third-order valence-corrected chi connectivity index (χ3v) is 3.57. The molecule has 0 unspecified atom stereocenters. The van der Waals surface area contributed by atoms with Crippen molar-refractivity contribution in [2.45, 2.75) is 13.0 Å². The Bertz CT molecular complexity index is 778. The number of carbonyl (C=O) groups excluding carboxylic acids is 1. The molecule has 1 aromatic heterocycles. The SMILES string of the molecule is COC(=O)[C@@H](C)n1nc(-c2ccccc2)c2ccccc21. The van der Waals surface area contributed by atoms with E-state index in [1.54, 1.807) is 11.6 Å². The fourth-order valence-electron chi connectivity index (χ4n) is 2.46. The van der Waals surface area contributed by atoms with Gasteiger partial charge in [-0.2, -0.15) is 5.10 Å². The molecule has 0 amide bonds. The molecule has 0 saturated carbocycles. The van der Waals surface area contributed by atoms with E-state index in [-0.39, 0.29) is 5.97 Å². The Balaban J connectivity index is 2.22. The van der Waals surface area contributed by atoms with Gasteiger partial charge in [-0.15, -0.1) is 0 Å². The molecule has 1 heterocycles. The van der Waals surface area contributed by atoms with Gasteiger partial charge in [-0.1, -0.05) is 48.5 Å². The molecule has 0 fully saturated rings. The van der Waals surface area contributed by atoms with Gasteiger partial charge in [0, 0.05) is 10.9 Å². The van der Waals surface area contributed by atoms with E-state index in [0.717, 1.165) is 22.2 Å². The predicted octanol–water partition coefficient (Wildman–Crippen LogP) is 3.44. The first-order valence-electron chi connectivity index (χ1n) is 6.83. The number of esters is 1. The third-order valence-electron chi connectivity index (χ3n) is 3.57. The van der Waals surface area contributed by atoms with Crippen molar-refractivity contribution in [3.05, 3.63) is 54.6 Å². The molecular formula is C17H16N2O2. The van der Waals surface area contributed by atoms with Gasteiger partial charge in [0.15, 0.2) is 0 Å². The lowest BCUT2D eigenvalue weighted by molar-refractivity contribution is -0.144. The summed E-state index contributed by atoms with van der Waals surface area (Å²) in [5.41, 5.74) is 2.83. The Morgan fingerprint density at radius 3 is 2.48 bits per heavy atom. The summed E-state index contributed by atoms with van der Waals surface area (Å²) in [5.74, 6) is -0.303. The van der Waals surface area contributed by atoms with Crippen molar-refractivity contribution in [2.24, 2.45) is 0 Å². The fourth-order valence-corrected chi connectivity index (χ4v) is 2.46. The van der Waals surface area contributed by atoms with Gasteiger partial charge in [0.05, 0.1) is 12.6 Å². The molecule has 21 heavy (non-hydrogen) atoms. The summed E-state index contributed by atoms with van der Waals surface area (Å²) < 4.78 is 6.56. The summed E-state index contributed by atoms with van der Waals surface area (Å²) in [6, 6.07) is 17.4. The Labute approximate surface area is 123 Å². The number of aromatic nitrogens is 2. The zero-order valence-corrected chi connectivity index (χ0v) is 12.0. The molecule has 0 radical (unpaired) electrons. The minimum Gasteiger partial charge on any atom is -0.467 e. The van der Waals surface area contributed by atoms with Crippen LogP contribution in [0.3, 0.4) is 0 Å². The maximum atomic E-state index is 11.8. The highest BCUT2D eigenvalue weighted by molar-refractivity contribution is 5.94. The number of nitrogens with zero attached hydrogens (tertiary/aromatic N) is 2. The van der Waals surface area contributed by atoms with Gasteiger partial charge in [0.1, 0.15) is 11.7 Å². The summed E-state index contributed by atoms with van der Waals surface area (Å²) in [5, 5.41) is 5.67. The Morgan fingerprint density at radius 2 is 1.76 bits per heavy atom. The first-order chi connectivity index (χ1) is 10.2. The monoisotopic (exact) mass is 280 g/mol. The summed E-state index contributed by atoms with van der Waals surface area (Å²) in [6.07, 6.45) is 0. The molecule has 0 aliphatic carbocycles. The van der Waals surface area contributed by atoms with E-state index in [1.807, 2.05) is 54.6 Å². The second-order valence-corrected chi connectivity index (χ2v) is 4.88. The zero-order chi connectivity index (χ0) is 14.8. The van der Waals surface area contributed by atoms with E-state index < -0.39 is 6.04 Å². The van der Waals surface area contributed by atoms with Crippen LogP contribution < -0.4 is 0 Å². The van der Waals surface area contributed by atoms with Crippen molar-refractivity contribution >= 4 is 16.9 Å². The molecule has 0 saturated heterocycles. The van der Waals surface area contributed by atoms with E-state index in [9.17, 15) is 4.79 Å². The minimum atomic E-state index is -0.461. The molecule has 0 aliphatic rings. The molecular weight excluding hydrogens is 264 g/mol. The average molecular weight is 280 g/mol. The van der Waals surface area contributed by atoms with Crippen molar-refractivity contribution in [1.29, 1.82) is 0 Å². The largest absolute Gasteiger partial charge is 0.467 e. The number of ether oxygens (including phenoxy) is 1. The van der Waals surface area contributed by atoms with Gasteiger partial charge in [-0.05, 0) is 13.0 Å². The van der Waals surface area contributed by atoms with Gasteiger partial charge in [0.2, 0.25) is 0 Å². The van der Waals surface area contributed by atoms with Gasteiger partial charge < -0.3 is 4.74 Å². The molecule has 0 spiro atoms. The van der Waals surface area contributed by atoms with Crippen LogP contribution in [0.5, 0.6) is 0 Å². The highest BCUT2D eigenvalue weighted by Crippen LogP contribution is 2.29. The molecule has 4 nitrogen and oxygen atoms in total. The maximum absolute atomic E-state index is 11.8. The standard InChI is InChI=1S/C17H16N2O2/c1-12(17(20)21-2)19-15-11-7-6-10-14(15)16(18-19)13-8-4-3-5-9-13/h3-12H,1-2H3/t12-/m1/s1. The molecule has 0 aliphatic heterocycles. The van der Waals surface area contributed by atoms with Crippen LogP contribution in [0.2, 0.25) is 0 Å². The lowest BCUT2D eigenvalue weighted by Gasteiger charge is -2.10. The summed E-state index contributed by atoms with van der Waals surface area (Å²) in [7, 11) is 1.39. The number of para-hydroxylation sites is 1. The van der Waals surface area contributed by atoms with Crippen molar-refractivity contribution in [2.75, 3.05) is 7.11 Å². The van der Waals surface area contributed by atoms with E-state index in [2.05, 4.69) is 5.10 Å². The lowest BCUT2D eigenvalue weighted by atomic mass is 10.1. The maximum Gasteiger partial charge on any atom is 0.330 e. The molecule has 2 aromatic carbocycles. The highest BCUT2D eigenvalue weighted by Gasteiger charge is 2.21. The average Bonchev–Trinajstić information content (AvgIpc) is 2.94. The number of methoxy groups -OCH3 is 1. The normalized spacial score (nSPS) is 12.3. The van der Waals surface area contributed by atoms with Crippen LogP contribution in [0.4, 0.5) is 0 Å². The first-order valence-corrected chi connectivity index (χ1v) is 6.83. The molecule has 3 aromatic rings. The summed E-state index contributed by atoms with van der Waals surface area (Å²) >= 11 is 0. The first kappa shape index (κ1) is 13.4. The van der Waals surface area contributed by atoms with Crippen LogP contribution >= 0.6 is 0 Å². The van der Waals surface area contributed by atoms with Crippen LogP contribution in [-0.2, 0) is 9.53 Å². The Morgan fingerprint density at radius 1 is 1.10 bits per heavy atom. The number of hydrogen-bond donors (Lipinski definition) is 0. The number of carbonyl (C=O) groups is 1. The quantitative estimate of drug-likeness (QED) is 0.690. The van der Waals surface area contributed by atoms with Crippen LogP contribution in [0.25, 0.3) is 22.2 Å². The van der Waals surface area contributed by atoms with Crippen molar-refractivity contribution in [3.8, 4) is 11.3 Å². The third kappa shape index (κ3) is 2.29. The molecule has 4 heteroatoms. The lowest BCUT2D eigenvalue weighted by Crippen LogP contribution is -2.18. The van der Waals surface area contributed by atoms with E-state index in [1.165, 1.54) is 7.11 Å². The van der Waals surface area contributed by atoms with Crippen LogP contribution in [-0.4, -0.2) is 22.9 Å². The summed E-state index contributed by atoms with van der Waals surface area (Å²) in [4.78, 5) is 11.8. The van der Waals surface area contributed by atoms with Crippen molar-refractivity contribution in [3.63, 3.8) is 0 Å². The van der Waals surface area contributed by atoms with Crippen LogP contribution in [0.1, 0.15) is 13.0 Å². The van der Waals surface area contributed by atoms with Crippen LogP contribution in [0, 0.1) is 0 Å². The van der Waals surface area contributed by atoms with Crippen molar-refractivity contribution in [1.82, 2.24) is 9.78 Å². The van der Waals surface area contributed by atoms with E-state index in [0.29, 0.717) is 0 Å². The molecule has 0 N–H and O–H groups in total. The van der Waals surface area contributed by atoms with E-state index >= 15 is 0 Å². The molecule has 0 bridgehead atoms. The minimum absolute atomic E-state index is 0.303. The zero-order valence-electron chi connectivity index (χ0n) is 12.0. The van der Waals surface area contributed by atoms with Gasteiger partial charge in [-0.25, -0.2) is 4.79 Å². The summed E-state index contributed by atoms with van der Waals surface area (Å²) in [6.45, 7) is 1.79. The number of rotatable bonds is 3. The van der Waals surface area contributed by atoms with Gasteiger partial charge in [0.25, 0.3) is 0 Å². The molecule has 1 atom stereocenters. The van der Waals surface area contributed by atoms with E-state index in [4.69, 9.17) is 4.74 Å². The Kier molecular flexibility index (Phi) is 3.44. The number of benzene rings is 2. The highest BCUT2D eigenvalue weighted by atomic mass is 16.5. The smallest absolute Gasteiger partial charge is 0.330 e. The Hall–Kier alpha value is -2.62. The van der Waals surface area contributed by atoms with Gasteiger partial charge >= 0.3 is 5.97 Å². The van der Waals surface area contributed by atoms with Crippen molar-refractivity contribution < 1.29 is 9.53 Å². The number of fused-ring (bicyclic) bond motifs is 1. The van der Waals surface area contributed by atoms with Gasteiger partial charge in [-0.3, -0.25) is 4.68 Å². The fraction of sp³-hybridized carbons (Fsp3) is 0.176. The second kappa shape index (κ2) is 5.40. The van der Waals surface area contributed by atoms with Crippen LogP contribution in [0.15, 0.2) is 54.6 Å². The molecule has 3 rings (SSSR count).